The Labute approximate surface area is 197 Å². The third-order valence-electron chi connectivity index (χ3n) is 6.96. The lowest BCUT2D eigenvalue weighted by atomic mass is 9.84. The third-order valence-corrected chi connectivity index (χ3v) is 9.89. The van der Waals surface area contributed by atoms with Crippen LogP contribution in [0, 0.1) is 11.3 Å². The Morgan fingerprint density at radius 1 is 0.906 bits per heavy atom. The Kier molecular flexibility index (Phi) is 7.25. The van der Waals surface area contributed by atoms with Gasteiger partial charge >= 0.3 is 0 Å². The molecule has 0 amide bonds. The lowest BCUT2D eigenvalue weighted by Gasteiger charge is -2.34. The van der Waals surface area contributed by atoms with Gasteiger partial charge in [-0.3, -0.25) is 9.65 Å². The van der Waals surface area contributed by atoms with E-state index in [1.165, 1.54) is 24.8 Å². The van der Waals surface area contributed by atoms with E-state index in [0.29, 0.717) is 5.92 Å². The molecule has 0 bridgehead atoms. The second-order valence-electron chi connectivity index (χ2n) is 9.07. The highest BCUT2D eigenvalue weighted by Crippen LogP contribution is 2.66. The normalized spacial score (nSPS) is 21.3. The van der Waals surface area contributed by atoms with E-state index in [0.717, 1.165) is 28.5 Å². The molecule has 0 radical (unpaired) electrons. The summed E-state index contributed by atoms with van der Waals surface area (Å²) in [5.41, 5.74) is 1.30. The van der Waals surface area contributed by atoms with Gasteiger partial charge in [-0.1, -0.05) is 93.2 Å². The predicted octanol–water partition coefficient (Wildman–Crippen LogP) is 7.51. The van der Waals surface area contributed by atoms with E-state index in [9.17, 15) is 4.57 Å². The molecular formula is C28H33ClNOP. The molecule has 1 aliphatic carbocycles. The van der Waals surface area contributed by atoms with Gasteiger partial charge in [-0.05, 0) is 66.1 Å². The van der Waals surface area contributed by atoms with Crippen LogP contribution in [0.5, 0.6) is 0 Å². The Morgan fingerprint density at radius 2 is 1.47 bits per heavy atom. The Balaban J connectivity index is 1.83. The van der Waals surface area contributed by atoms with Gasteiger partial charge in [-0.2, -0.15) is 0 Å². The highest BCUT2D eigenvalue weighted by Gasteiger charge is 2.58. The minimum atomic E-state index is -3.07. The van der Waals surface area contributed by atoms with Crippen molar-refractivity contribution >= 4 is 29.5 Å². The first kappa shape index (κ1) is 23.3. The van der Waals surface area contributed by atoms with Crippen molar-refractivity contribution in [2.45, 2.75) is 52.0 Å². The van der Waals surface area contributed by atoms with Crippen molar-refractivity contribution in [2.24, 2.45) is 11.3 Å². The average Bonchev–Trinajstić information content (AvgIpc) is 3.52. The summed E-state index contributed by atoms with van der Waals surface area (Å²) in [6, 6.07) is 27.9. The monoisotopic (exact) mass is 465 g/mol. The molecule has 168 valence electrons. The van der Waals surface area contributed by atoms with Crippen molar-refractivity contribution in [3.8, 4) is 0 Å². The number of benzene rings is 3. The third kappa shape index (κ3) is 4.60. The first-order valence-corrected chi connectivity index (χ1v) is 13.9. The lowest BCUT2D eigenvalue weighted by Crippen LogP contribution is -2.35. The molecule has 0 unspecified atom stereocenters. The molecule has 32 heavy (non-hydrogen) atoms. The quantitative estimate of drug-likeness (QED) is 0.314. The van der Waals surface area contributed by atoms with Gasteiger partial charge < -0.3 is 0 Å². The van der Waals surface area contributed by atoms with Gasteiger partial charge in [0.25, 0.3) is 0 Å². The molecule has 0 saturated heterocycles. The largest absolute Gasteiger partial charge is 0.297 e. The molecule has 1 N–H and O–H groups in total. The van der Waals surface area contributed by atoms with Gasteiger partial charge in [0.05, 0.1) is 0 Å². The van der Waals surface area contributed by atoms with Crippen LogP contribution in [0.3, 0.4) is 0 Å². The number of rotatable bonds is 10. The molecule has 1 aliphatic rings. The van der Waals surface area contributed by atoms with Crippen LogP contribution in [0.15, 0.2) is 84.9 Å². The Hall–Kier alpha value is -1.86. The molecule has 0 aliphatic heterocycles. The van der Waals surface area contributed by atoms with E-state index in [-0.39, 0.29) is 11.5 Å². The molecule has 0 aromatic heterocycles. The smallest absolute Gasteiger partial charge is 0.205 e. The van der Waals surface area contributed by atoms with Gasteiger partial charge in [0.1, 0.15) is 0 Å². The Bertz CT molecular complexity index is 1010. The molecule has 0 heterocycles. The van der Waals surface area contributed by atoms with Gasteiger partial charge in [0.15, 0.2) is 0 Å². The maximum absolute atomic E-state index is 14.9. The van der Waals surface area contributed by atoms with Crippen LogP contribution in [0.2, 0.25) is 5.02 Å². The van der Waals surface area contributed by atoms with E-state index in [4.69, 9.17) is 11.6 Å². The minimum absolute atomic E-state index is 0.00233. The zero-order valence-corrected chi connectivity index (χ0v) is 20.7. The van der Waals surface area contributed by atoms with E-state index in [1.807, 2.05) is 72.8 Å². The van der Waals surface area contributed by atoms with Crippen molar-refractivity contribution in [3.05, 3.63) is 95.5 Å². The molecular weight excluding hydrogens is 433 g/mol. The number of nitrogens with one attached hydrogen (secondary N) is 1. The summed E-state index contributed by atoms with van der Waals surface area (Å²) in [7, 11) is -3.07. The molecule has 1 fully saturated rings. The van der Waals surface area contributed by atoms with Crippen molar-refractivity contribution in [1.29, 1.82) is 0 Å². The average molecular weight is 466 g/mol. The molecule has 3 aromatic carbocycles. The van der Waals surface area contributed by atoms with Crippen molar-refractivity contribution < 1.29 is 4.57 Å². The maximum Gasteiger partial charge on any atom is 0.205 e. The van der Waals surface area contributed by atoms with Crippen LogP contribution in [-0.2, 0) is 4.57 Å². The summed E-state index contributed by atoms with van der Waals surface area (Å²) in [5, 5.41) is 6.22. The summed E-state index contributed by atoms with van der Waals surface area (Å²) in [6.07, 6.45) is 5.82. The zero-order valence-electron chi connectivity index (χ0n) is 19.0. The van der Waals surface area contributed by atoms with Crippen molar-refractivity contribution in [2.75, 3.05) is 0 Å². The summed E-state index contributed by atoms with van der Waals surface area (Å²) in [5.74, 6) is 0.653. The summed E-state index contributed by atoms with van der Waals surface area (Å²) in [4.78, 5) is 0. The standard InChI is InChI=1S/C28H33ClNOP/c1-3-11-23-21-28(23,20-4-2)27(22-16-18-24(29)19-17-22)30-32(31,25-12-7-5-8-13-25)26-14-9-6-10-15-26/h5-10,12-19,23,27H,3-4,11,20-21H2,1-2H3,(H,30,31)/t23-,27+,28-/m1/s1. The van der Waals surface area contributed by atoms with Crippen LogP contribution in [0.1, 0.15) is 57.6 Å². The second-order valence-corrected chi connectivity index (χ2v) is 12.0. The summed E-state index contributed by atoms with van der Waals surface area (Å²) < 4.78 is 14.9. The van der Waals surface area contributed by atoms with Gasteiger partial charge in [0.2, 0.25) is 7.29 Å². The van der Waals surface area contributed by atoms with Gasteiger partial charge in [-0.25, -0.2) is 0 Å². The fourth-order valence-electron chi connectivity index (χ4n) is 5.35. The first-order valence-electron chi connectivity index (χ1n) is 11.8. The maximum atomic E-state index is 14.9. The second kappa shape index (κ2) is 9.96. The van der Waals surface area contributed by atoms with Crippen LogP contribution < -0.4 is 15.7 Å². The van der Waals surface area contributed by atoms with Crippen molar-refractivity contribution in [3.63, 3.8) is 0 Å². The molecule has 0 spiro atoms. The number of hydrogen-bond acceptors (Lipinski definition) is 1. The van der Waals surface area contributed by atoms with E-state index in [1.54, 1.807) is 0 Å². The van der Waals surface area contributed by atoms with E-state index >= 15 is 0 Å². The van der Waals surface area contributed by atoms with Gasteiger partial charge in [-0.15, -0.1) is 0 Å². The highest BCUT2D eigenvalue weighted by atomic mass is 35.5. The molecule has 2 nitrogen and oxygen atoms in total. The topological polar surface area (TPSA) is 29.1 Å². The Morgan fingerprint density at radius 3 is 1.97 bits per heavy atom. The van der Waals surface area contributed by atoms with E-state index in [2.05, 4.69) is 31.1 Å². The van der Waals surface area contributed by atoms with Gasteiger partial charge in [0, 0.05) is 21.7 Å². The van der Waals surface area contributed by atoms with Crippen molar-refractivity contribution in [1.82, 2.24) is 5.09 Å². The van der Waals surface area contributed by atoms with Crippen LogP contribution in [0.25, 0.3) is 0 Å². The molecule has 3 aromatic rings. The number of halogens is 1. The minimum Gasteiger partial charge on any atom is -0.297 e. The lowest BCUT2D eigenvalue weighted by molar-refractivity contribution is 0.310. The molecule has 4 heteroatoms. The fourth-order valence-corrected chi connectivity index (χ4v) is 8.03. The first-order chi connectivity index (χ1) is 15.5. The molecule has 4 rings (SSSR count). The summed E-state index contributed by atoms with van der Waals surface area (Å²) >= 11 is 6.24. The van der Waals surface area contributed by atoms with Crippen LogP contribution >= 0.6 is 18.9 Å². The molecule has 3 atom stereocenters. The summed E-state index contributed by atoms with van der Waals surface area (Å²) in [6.45, 7) is 4.52. The fraction of sp³-hybridized carbons (Fsp3) is 0.357. The van der Waals surface area contributed by atoms with Crippen LogP contribution in [0.4, 0.5) is 0 Å². The molecule has 1 saturated carbocycles. The SMILES string of the molecule is CCC[C@@H]1C[C@@]1(CCC)[C@@H](NP(=O)(c1ccccc1)c1ccccc1)c1ccc(Cl)cc1. The van der Waals surface area contributed by atoms with Crippen LogP contribution in [-0.4, -0.2) is 0 Å². The zero-order chi connectivity index (χ0) is 22.6. The predicted molar refractivity (Wildman–Crippen MR) is 137 cm³/mol. The van der Waals surface area contributed by atoms with E-state index < -0.39 is 7.29 Å². The highest BCUT2D eigenvalue weighted by molar-refractivity contribution is 7.76. The number of hydrogen-bond donors (Lipinski definition) is 1.